The molecule has 1 unspecified atom stereocenters. The van der Waals surface area contributed by atoms with Gasteiger partial charge in [-0.2, -0.15) is 0 Å². The molecule has 0 amide bonds. The van der Waals surface area contributed by atoms with Crippen molar-refractivity contribution in [3.05, 3.63) is 29.3 Å². The summed E-state index contributed by atoms with van der Waals surface area (Å²) in [4.78, 5) is 0. The largest absolute Gasteiger partial charge is 0.496 e. The molecule has 2 heteroatoms. The summed E-state index contributed by atoms with van der Waals surface area (Å²) in [7, 11) is 1.59. The van der Waals surface area contributed by atoms with Gasteiger partial charge in [0.2, 0.25) is 0 Å². The molecule has 68 valence electrons. The van der Waals surface area contributed by atoms with Crippen LogP contribution in [0.5, 0.6) is 5.75 Å². The molecule has 0 aliphatic carbocycles. The van der Waals surface area contributed by atoms with Crippen molar-refractivity contribution in [2.45, 2.75) is 13.0 Å². The van der Waals surface area contributed by atoms with E-state index in [0.29, 0.717) is 5.56 Å². The summed E-state index contributed by atoms with van der Waals surface area (Å²) >= 11 is 0. The Morgan fingerprint density at radius 3 is 2.77 bits per heavy atom. The zero-order valence-electron chi connectivity index (χ0n) is 7.74. The van der Waals surface area contributed by atoms with Crippen LogP contribution in [0, 0.1) is 19.3 Å². The average molecular weight is 176 g/mol. The second-order valence-electron chi connectivity index (χ2n) is 2.80. The van der Waals surface area contributed by atoms with Gasteiger partial charge in [-0.15, -0.1) is 6.42 Å². The minimum atomic E-state index is -0.852. The average Bonchev–Trinajstić information content (AvgIpc) is 2.17. The molecule has 1 aromatic rings. The summed E-state index contributed by atoms with van der Waals surface area (Å²) in [5.74, 6) is 2.99. The predicted molar refractivity (Wildman–Crippen MR) is 51.5 cm³/mol. The monoisotopic (exact) mass is 176 g/mol. The van der Waals surface area contributed by atoms with E-state index in [0.717, 1.165) is 11.3 Å². The molecule has 0 fully saturated rings. The van der Waals surface area contributed by atoms with Gasteiger partial charge in [0, 0.05) is 0 Å². The molecule has 0 aliphatic heterocycles. The number of ether oxygens (including phenoxy) is 1. The van der Waals surface area contributed by atoms with Gasteiger partial charge in [0.25, 0.3) is 0 Å². The fourth-order valence-corrected chi connectivity index (χ4v) is 1.10. The molecule has 0 aromatic heterocycles. The Balaban J connectivity index is 3.08. The van der Waals surface area contributed by atoms with Gasteiger partial charge in [-0.05, 0) is 24.1 Å². The summed E-state index contributed by atoms with van der Waals surface area (Å²) in [5.41, 5.74) is 1.71. The SMILES string of the molecule is C#CC(O)c1ccc(C)c(OC)c1. The molecule has 0 spiro atoms. The second kappa shape index (κ2) is 3.97. The first kappa shape index (κ1) is 9.63. The highest BCUT2D eigenvalue weighted by molar-refractivity contribution is 5.38. The molecule has 0 saturated heterocycles. The Labute approximate surface area is 78.2 Å². The lowest BCUT2D eigenvalue weighted by Gasteiger charge is -2.08. The Morgan fingerprint density at radius 1 is 1.54 bits per heavy atom. The van der Waals surface area contributed by atoms with Crippen molar-refractivity contribution in [1.82, 2.24) is 0 Å². The number of methoxy groups -OCH3 is 1. The zero-order valence-corrected chi connectivity index (χ0v) is 7.74. The van der Waals surface area contributed by atoms with E-state index in [4.69, 9.17) is 11.2 Å². The Kier molecular flexibility index (Phi) is 2.94. The number of hydrogen-bond acceptors (Lipinski definition) is 2. The van der Waals surface area contributed by atoms with Gasteiger partial charge in [0.05, 0.1) is 7.11 Å². The van der Waals surface area contributed by atoms with Crippen molar-refractivity contribution in [3.8, 4) is 18.1 Å². The first-order valence-electron chi connectivity index (χ1n) is 3.97. The Morgan fingerprint density at radius 2 is 2.23 bits per heavy atom. The van der Waals surface area contributed by atoms with E-state index in [1.54, 1.807) is 19.2 Å². The molecule has 0 bridgehead atoms. The number of hydrogen-bond donors (Lipinski definition) is 1. The highest BCUT2D eigenvalue weighted by atomic mass is 16.5. The molecule has 0 saturated carbocycles. The third kappa shape index (κ3) is 2.01. The van der Waals surface area contributed by atoms with Crippen LogP contribution in [0.1, 0.15) is 17.2 Å². The molecule has 0 heterocycles. The minimum Gasteiger partial charge on any atom is -0.496 e. The maximum atomic E-state index is 9.35. The number of terminal acetylenes is 1. The van der Waals surface area contributed by atoms with E-state index >= 15 is 0 Å². The molecular formula is C11H12O2. The highest BCUT2D eigenvalue weighted by Gasteiger charge is 2.05. The van der Waals surface area contributed by atoms with Gasteiger partial charge in [0.1, 0.15) is 11.9 Å². The molecule has 0 radical (unpaired) electrons. The molecule has 1 aromatic carbocycles. The number of rotatable bonds is 2. The first-order chi connectivity index (χ1) is 6.19. The highest BCUT2D eigenvalue weighted by Crippen LogP contribution is 2.22. The van der Waals surface area contributed by atoms with E-state index < -0.39 is 6.10 Å². The van der Waals surface area contributed by atoms with Gasteiger partial charge in [-0.25, -0.2) is 0 Å². The van der Waals surface area contributed by atoms with Crippen molar-refractivity contribution in [2.75, 3.05) is 7.11 Å². The maximum Gasteiger partial charge on any atom is 0.140 e. The van der Waals surface area contributed by atoms with Gasteiger partial charge in [-0.1, -0.05) is 18.1 Å². The standard InChI is InChI=1S/C11H12O2/c1-4-10(12)9-6-5-8(2)11(7-9)13-3/h1,5-7,10,12H,2-3H3. The van der Waals surface area contributed by atoms with Crippen molar-refractivity contribution in [3.63, 3.8) is 0 Å². The summed E-state index contributed by atoms with van der Waals surface area (Å²) in [6.45, 7) is 1.94. The lowest BCUT2D eigenvalue weighted by molar-refractivity contribution is 0.238. The number of benzene rings is 1. The zero-order chi connectivity index (χ0) is 9.84. The lowest BCUT2D eigenvalue weighted by Crippen LogP contribution is -1.95. The van der Waals surface area contributed by atoms with E-state index in [-0.39, 0.29) is 0 Å². The van der Waals surface area contributed by atoms with Crippen molar-refractivity contribution < 1.29 is 9.84 Å². The lowest BCUT2D eigenvalue weighted by atomic mass is 10.1. The fraction of sp³-hybridized carbons (Fsp3) is 0.273. The van der Waals surface area contributed by atoms with Crippen LogP contribution < -0.4 is 4.74 Å². The van der Waals surface area contributed by atoms with Crippen LogP contribution in [-0.4, -0.2) is 12.2 Å². The predicted octanol–water partition coefficient (Wildman–Crippen LogP) is 1.67. The van der Waals surface area contributed by atoms with Gasteiger partial charge >= 0.3 is 0 Å². The molecule has 1 atom stereocenters. The molecule has 2 nitrogen and oxygen atoms in total. The Hall–Kier alpha value is -1.46. The van der Waals surface area contributed by atoms with E-state index in [9.17, 15) is 5.11 Å². The number of aryl methyl sites for hydroxylation is 1. The van der Waals surface area contributed by atoms with Gasteiger partial charge in [-0.3, -0.25) is 0 Å². The van der Waals surface area contributed by atoms with E-state index in [1.807, 2.05) is 13.0 Å². The Bertz CT molecular complexity index is 336. The van der Waals surface area contributed by atoms with E-state index in [2.05, 4.69) is 5.92 Å². The molecule has 0 aliphatic rings. The van der Waals surface area contributed by atoms with Gasteiger partial charge < -0.3 is 9.84 Å². The molecule has 13 heavy (non-hydrogen) atoms. The third-order valence-electron chi connectivity index (χ3n) is 1.91. The molecule has 1 rings (SSSR count). The van der Waals surface area contributed by atoms with Crippen LogP contribution in [0.3, 0.4) is 0 Å². The van der Waals surface area contributed by atoms with Gasteiger partial charge in [0.15, 0.2) is 0 Å². The number of aliphatic hydroxyl groups excluding tert-OH is 1. The molecule has 1 N–H and O–H groups in total. The fourth-order valence-electron chi connectivity index (χ4n) is 1.10. The second-order valence-corrected chi connectivity index (χ2v) is 2.80. The quantitative estimate of drug-likeness (QED) is 0.694. The molecular weight excluding hydrogens is 164 g/mol. The van der Waals surface area contributed by atoms with Crippen LogP contribution in [0.2, 0.25) is 0 Å². The van der Waals surface area contributed by atoms with Crippen molar-refractivity contribution in [2.24, 2.45) is 0 Å². The van der Waals surface area contributed by atoms with Crippen molar-refractivity contribution in [1.29, 1.82) is 0 Å². The van der Waals surface area contributed by atoms with Crippen LogP contribution in [0.4, 0.5) is 0 Å². The summed E-state index contributed by atoms with van der Waals surface area (Å²) in [5, 5.41) is 9.35. The van der Waals surface area contributed by atoms with Crippen molar-refractivity contribution >= 4 is 0 Å². The van der Waals surface area contributed by atoms with Crippen LogP contribution >= 0.6 is 0 Å². The smallest absolute Gasteiger partial charge is 0.140 e. The topological polar surface area (TPSA) is 29.5 Å². The van der Waals surface area contributed by atoms with E-state index in [1.165, 1.54) is 0 Å². The van der Waals surface area contributed by atoms with Crippen LogP contribution in [0.25, 0.3) is 0 Å². The summed E-state index contributed by atoms with van der Waals surface area (Å²) in [6.07, 6.45) is 4.24. The first-order valence-corrected chi connectivity index (χ1v) is 3.97. The normalized spacial score (nSPS) is 11.8. The third-order valence-corrected chi connectivity index (χ3v) is 1.91. The maximum absolute atomic E-state index is 9.35. The van der Waals surface area contributed by atoms with Crippen LogP contribution in [-0.2, 0) is 0 Å². The minimum absolute atomic E-state index is 0.685. The van der Waals surface area contributed by atoms with Crippen LogP contribution in [0.15, 0.2) is 18.2 Å². The number of aliphatic hydroxyl groups is 1. The summed E-state index contributed by atoms with van der Waals surface area (Å²) < 4.78 is 5.10. The summed E-state index contributed by atoms with van der Waals surface area (Å²) in [6, 6.07) is 5.41.